The Labute approximate surface area is 169 Å². The van der Waals surface area contributed by atoms with Gasteiger partial charge in [-0.1, -0.05) is 17.7 Å². The molecule has 5 nitrogen and oxygen atoms in total. The van der Waals surface area contributed by atoms with E-state index in [1.807, 2.05) is 13.0 Å². The lowest BCUT2D eigenvalue weighted by Crippen LogP contribution is -2.16. The van der Waals surface area contributed by atoms with Crippen molar-refractivity contribution >= 4 is 56.5 Å². The molecule has 27 heavy (non-hydrogen) atoms. The molecule has 140 valence electrons. The van der Waals surface area contributed by atoms with Crippen molar-refractivity contribution in [3.63, 3.8) is 0 Å². The van der Waals surface area contributed by atoms with Crippen LogP contribution < -0.4 is 10.9 Å². The second kappa shape index (κ2) is 7.66. The molecule has 0 radical (unpaired) electrons. The number of aromatic nitrogens is 2. The van der Waals surface area contributed by atoms with E-state index in [4.69, 9.17) is 11.6 Å². The number of nitrogens with zero attached hydrogens (tertiary/aromatic N) is 1. The fourth-order valence-electron chi connectivity index (χ4n) is 3.28. The van der Waals surface area contributed by atoms with Gasteiger partial charge in [0.05, 0.1) is 16.9 Å². The van der Waals surface area contributed by atoms with Gasteiger partial charge >= 0.3 is 0 Å². The largest absolute Gasteiger partial charge is 0.325 e. The molecule has 1 amide bonds. The summed E-state index contributed by atoms with van der Waals surface area (Å²) < 4.78 is 0. The molecule has 0 fully saturated rings. The van der Waals surface area contributed by atoms with E-state index in [0.717, 1.165) is 35.0 Å². The second-order valence-electron chi connectivity index (χ2n) is 6.50. The minimum Gasteiger partial charge on any atom is -0.325 e. The van der Waals surface area contributed by atoms with E-state index in [9.17, 15) is 9.59 Å². The van der Waals surface area contributed by atoms with Gasteiger partial charge in [-0.15, -0.1) is 23.1 Å². The number of hydrogen-bond donors (Lipinski definition) is 2. The number of benzene rings is 1. The van der Waals surface area contributed by atoms with Gasteiger partial charge in [0.2, 0.25) is 5.91 Å². The molecule has 1 aromatic carbocycles. The van der Waals surface area contributed by atoms with Crippen LogP contribution in [-0.4, -0.2) is 21.6 Å². The van der Waals surface area contributed by atoms with Crippen LogP contribution in [0.25, 0.3) is 10.2 Å². The molecular formula is C19H18ClN3O2S2. The monoisotopic (exact) mass is 419 g/mol. The number of hydrogen-bond acceptors (Lipinski definition) is 5. The van der Waals surface area contributed by atoms with E-state index in [2.05, 4.69) is 15.3 Å². The zero-order valence-corrected chi connectivity index (χ0v) is 17.1. The molecule has 0 spiro atoms. The molecular weight excluding hydrogens is 402 g/mol. The maximum Gasteiger partial charge on any atom is 0.259 e. The Morgan fingerprint density at radius 2 is 2.26 bits per heavy atom. The van der Waals surface area contributed by atoms with Crippen LogP contribution in [-0.2, 0) is 23.4 Å². The Hall–Kier alpha value is -1.83. The predicted octanol–water partition coefficient (Wildman–Crippen LogP) is 4.31. The minimum absolute atomic E-state index is 0.0611. The Bertz CT molecular complexity index is 1090. The third-order valence-corrected chi connectivity index (χ3v) is 7.18. The molecule has 3 aromatic rings. The third-order valence-electron chi connectivity index (χ3n) is 4.64. The van der Waals surface area contributed by atoms with Crippen LogP contribution >= 0.6 is 34.7 Å². The highest BCUT2D eigenvalue weighted by Crippen LogP contribution is 2.34. The molecule has 0 bridgehead atoms. The molecule has 2 aromatic heterocycles. The number of halogens is 1. The maximum absolute atomic E-state index is 12.4. The quantitative estimate of drug-likeness (QED) is 0.646. The van der Waals surface area contributed by atoms with Crippen molar-refractivity contribution in [2.45, 2.75) is 31.9 Å². The first-order valence-corrected chi connectivity index (χ1v) is 11.0. The van der Waals surface area contributed by atoms with E-state index in [1.165, 1.54) is 22.2 Å². The summed E-state index contributed by atoms with van der Waals surface area (Å²) in [5.41, 5.74) is 2.68. The first-order chi connectivity index (χ1) is 13.0. The van der Waals surface area contributed by atoms with E-state index in [-0.39, 0.29) is 17.2 Å². The average molecular weight is 420 g/mol. The highest BCUT2D eigenvalue weighted by atomic mass is 35.5. The molecule has 0 saturated heterocycles. The summed E-state index contributed by atoms with van der Waals surface area (Å²) in [6, 6.07) is 5.42. The van der Waals surface area contributed by atoms with Gasteiger partial charge in [-0.25, -0.2) is 4.98 Å². The molecule has 0 saturated carbocycles. The number of fused-ring (bicyclic) bond motifs is 3. The lowest BCUT2D eigenvalue weighted by atomic mass is 10.2. The summed E-state index contributed by atoms with van der Waals surface area (Å²) >= 11 is 9.12. The van der Waals surface area contributed by atoms with Gasteiger partial charge in [0.15, 0.2) is 0 Å². The number of rotatable bonds is 5. The standard InChI is InChI=1S/C19H18ClN3O2S2/c1-10-12(20)5-3-6-13(10)21-16(24)9-26-8-15-22-18(25)17-11-4-2-7-14(11)27-19(17)23-15/h3,5-6H,2,4,7-9H2,1H3,(H,21,24)(H,22,23,25). The molecule has 0 atom stereocenters. The topological polar surface area (TPSA) is 74.8 Å². The van der Waals surface area contributed by atoms with E-state index >= 15 is 0 Å². The van der Waals surface area contributed by atoms with Crippen LogP contribution in [0, 0.1) is 6.92 Å². The van der Waals surface area contributed by atoms with Crippen molar-refractivity contribution < 1.29 is 4.79 Å². The zero-order chi connectivity index (χ0) is 19.0. The van der Waals surface area contributed by atoms with E-state index < -0.39 is 0 Å². The van der Waals surface area contributed by atoms with Gasteiger partial charge in [0.25, 0.3) is 5.56 Å². The SMILES string of the molecule is Cc1c(Cl)cccc1NC(=O)CSCc1nc2sc3c(c2c(=O)[nH]1)CCC3. The molecule has 0 aliphatic heterocycles. The fraction of sp³-hybridized carbons (Fsp3) is 0.316. The number of carbonyl (C=O) groups is 1. The maximum atomic E-state index is 12.4. The predicted molar refractivity (Wildman–Crippen MR) is 113 cm³/mol. The Morgan fingerprint density at radius 3 is 3.11 bits per heavy atom. The van der Waals surface area contributed by atoms with Crippen LogP contribution in [0.15, 0.2) is 23.0 Å². The second-order valence-corrected chi connectivity index (χ2v) is 8.98. The smallest absolute Gasteiger partial charge is 0.259 e. The van der Waals surface area contributed by atoms with Crippen molar-refractivity contribution in [1.82, 2.24) is 9.97 Å². The minimum atomic E-state index is -0.108. The van der Waals surface area contributed by atoms with Crippen molar-refractivity contribution in [1.29, 1.82) is 0 Å². The van der Waals surface area contributed by atoms with Gasteiger partial charge in [0.1, 0.15) is 10.7 Å². The summed E-state index contributed by atoms with van der Waals surface area (Å²) in [5, 5.41) is 4.25. The fourth-order valence-corrected chi connectivity index (χ4v) is 5.43. The summed E-state index contributed by atoms with van der Waals surface area (Å²) in [4.78, 5) is 34.2. The highest BCUT2D eigenvalue weighted by Gasteiger charge is 2.21. The van der Waals surface area contributed by atoms with Crippen molar-refractivity contribution in [2.75, 3.05) is 11.1 Å². The van der Waals surface area contributed by atoms with Crippen molar-refractivity contribution in [3.05, 3.63) is 55.4 Å². The number of thiophene rings is 1. The number of thioether (sulfide) groups is 1. The summed E-state index contributed by atoms with van der Waals surface area (Å²) in [6.45, 7) is 1.87. The van der Waals surface area contributed by atoms with Crippen LogP contribution in [0.2, 0.25) is 5.02 Å². The number of aryl methyl sites for hydroxylation is 2. The third kappa shape index (κ3) is 3.77. The zero-order valence-electron chi connectivity index (χ0n) is 14.7. The Kier molecular flexibility index (Phi) is 5.25. The normalized spacial score (nSPS) is 13.1. The van der Waals surface area contributed by atoms with E-state index in [1.54, 1.807) is 23.5 Å². The first-order valence-electron chi connectivity index (χ1n) is 8.69. The average Bonchev–Trinajstić information content (AvgIpc) is 3.19. The number of amides is 1. The summed E-state index contributed by atoms with van der Waals surface area (Å²) in [7, 11) is 0. The first kappa shape index (κ1) is 18.5. The van der Waals surface area contributed by atoms with Crippen molar-refractivity contribution in [3.8, 4) is 0 Å². The number of H-pyrrole nitrogens is 1. The number of anilines is 1. The van der Waals surface area contributed by atoms with Gasteiger partial charge in [-0.3, -0.25) is 9.59 Å². The molecule has 1 aliphatic rings. The van der Waals surface area contributed by atoms with Gasteiger partial charge < -0.3 is 10.3 Å². The summed E-state index contributed by atoms with van der Waals surface area (Å²) in [6.07, 6.45) is 3.13. The lowest BCUT2D eigenvalue weighted by molar-refractivity contribution is -0.113. The van der Waals surface area contributed by atoms with Crippen LogP contribution in [0.5, 0.6) is 0 Å². The number of carbonyl (C=O) groups excluding carboxylic acids is 1. The molecule has 2 N–H and O–H groups in total. The summed E-state index contributed by atoms with van der Waals surface area (Å²) in [5.74, 6) is 1.26. The Balaban J connectivity index is 1.40. The molecule has 8 heteroatoms. The van der Waals surface area contributed by atoms with E-state index in [0.29, 0.717) is 22.3 Å². The lowest BCUT2D eigenvalue weighted by Gasteiger charge is -2.09. The highest BCUT2D eigenvalue weighted by molar-refractivity contribution is 7.99. The van der Waals surface area contributed by atoms with Crippen LogP contribution in [0.1, 0.15) is 28.2 Å². The van der Waals surface area contributed by atoms with Crippen molar-refractivity contribution in [2.24, 2.45) is 0 Å². The molecule has 1 aliphatic carbocycles. The molecule has 0 unspecified atom stereocenters. The van der Waals surface area contributed by atoms with Crippen LogP contribution in [0.3, 0.4) is 0 Å². The Morgan fingerprint density at radius 1 is 1.41 bits per heavy atom. The molecule has 2 heterocycles. The molecule has 4 rings (SSSR count). The van der Waals surface area contributed by atoms with Gasteiger partial charge in [-0.05, 0) is 49.4 Å². The van der Waals surface area contributed by atoms with Gasteiger partial charge in [-0.2, -0.15) is 0 Å². The number of nitrogens with one attached hydrogen (secondary N) is 2. The van der Waals surface area contributed by atoms with Crippen LogP contribution in [0.4, 0.5) is 5.69 Å². The van der Waals surface area contributed by atoms with Gasteiger partial charge in [0, 0.05) is 15.6 Å². The number of aromatic amines is 1.